The lowest BCUT2D eigenvalue weighted by Crippen LogP contribution is -2.19. The maximum Gasteiger partial charge on any atom is 0.318 e. The number of methoxy groups -OCH3 is 2. The van der Waals surface area contributed by atoms with Gasteiger partial charge in [0.2, 0.25) is 0 Å². The first kappa shape index (κ1) is 16.5. The van der Waals surface area contributed by atoms with Crippen molar-refractivity contribution in [3.8, 4) is 11.5 Å². The summed E-state index contributed by atoms with van der Waals surface area (Å²) in [6.07, 6.45) is 3.43. The smallest absolute Gasteiger partial charge is 0.318 e. The molecule has 0 fully saturated rings. The predicted octanol–water partition coefficient (Wildman–Crippen LogP) is 3.85. The Hall–Kier alpha value is -2.37. The molecule has 0 unspecified atom stereocenters. The highest BCUT2D eigenvalue weighted by Crippen LogP contribution is 2.30. The third-order valence-electron chi connectivity index (χ3n) is 3.48. The molecule has 24 heavy (non-hydrogen) atoms. The molecule has 7 heteroatoms. The molecule has 2 aromatic carbocycles. The Bertz CT molecular complexity index is 876. The van der Waals surface area contributed by atoms with Gasteiger partial charge in [0, 0.05) is 0 Å². The van der Waals surface area contributed by atoms with Crippen LogP contribution in [-0.2, 0) is 0 Å². The maximum atomic E-state index is 6.29. The van der Waals surface area contributed by atoms with Crippen LogP contribution in [0.5, 0.6) is 11.5 Å². The molecule has 122 valence electrons. The second kappa shape index (κ2) is 7.03. The zero-order valence-corrected chi connectivity index (χ0v) is 14.5. The van der Waals surface area contributed by atoms with E-state index in [4.69, 9.17) is 32.7 Å². The number of ether oxygens (including phenoxy) is 2. The maximum absolute atomic E-state index is 6.29. The average Bonchev–Trinajstić information content (AvgIpc) is 3.05. The Balaban J connectivity index is 2.07. The van der Waals surface area contributed by atoms with E-state index in [1.807, 2.05) is 36.5 Å². The van der Waals surface area contributed by atoms with Crippen molar-refractivity contribution in [3.05, 3.63) is 57.6 Å². The summed E-state index contributed by atoms with van der Waals surface area (Å²) < 4.78 is 12.5. The zero-order chi connectivity index (χ0) is 17.1. The van der Waals surface area contributed by atoms with E-state index in [1.54, 1.807) is 31.2 Å². The zero-order valence-electron chi connectivity index (χ0n) is 13.0. The van der Waals surface area contributed by atoms with Crippen LogP contribution < -0.4 is 9.47 Å². The number of nitrogens with zero attached hydrogens (tertiary/aromatic N) is 3. The lowest BCUT2D eigenvalue weighted by atomic mass is 10.1. The molecule has 1 aliphatic heterocycles. The van der Waals surface area contributed by atoms with Gasteiger partial charge in [0.15, 0.2) is 11.5 Å². The van der Waals surface area contributed by atoms with Gasteiger partial charge in [-0.1, -0.05) is 35.3 Å². The van der Waals surface area contributed by atoms with E-state index in [0.29, 0.717) is 32.9 Å². The van der Waals surface area contributed by atoms with Gasteiger partial charge in [0.05, 0.1) is 51.8 Å². The topological polar surface area (TPSA) is 46.2 Å². The summed E-state index contributed by atoms with van der Waals surface area (Å²) in [7, 11) is 3.19. The second-order valence-electron chi connectivity index (χ2n) is 4.88. The molecule has 0 atom stereocenters. The standard InChI is InChI=1S/C17H14Cl2N3O2/c1-23-14-8-3-5-11(16(14)24-2)9-22-10-20-21-17(22)12-6-4-7-13(18)15(12)19/h3-10H,1-2H3/q+1. The quantitative estimate of drug-likeness (QED) is 0.775. The van der Waals surface area contributed by atoms with Crippen LogP contribution in [-0.4, -0.2) is 37.2 Å². The molecular weight excluding hydrogens is 349 g/mol. The molecule has 5 nitrogen and oxygen atoms in total. The van der Waals surface area contributed by atoms with Crippen LogP contribution in [0.15, 0.2) is 46.6 Å². The molecular formula is C17H14Cl2N3O2+. The number of rotatable bonds is 4. The molecule has 1 aliphatic rings. The summed E-state index contributed by atoms with van der Waals surface area (Å²) in [5, 5.41) is 9.01. The molecule has 3 rings (SSSR count). The summed E-state index contributed by atoms with van der Waals surface area (Å²) in [5.41, 5.74) is 1.51. The van der Waals surface area contributed by atoms with E-state index in [1.165, 1.54) is 0 Å². The minimum Gasteiger partial charge on any atom is -0.493 e. The van der Waals surface area contributed by atoms with E-state index >= 15 is 0 Å². The van der Waals surface area contributed by atoms with Crippen molar-refractivity contribution in [3.63, 3.8) is 0 Å². The van der Waals surface area contributed by atoms with Gasteiger partial charge in [-0.3, -0.25) is 0 Å². The molecule has 0 amide bonds. The molecule has 0 aromatic heterocycles. The van der Waals surface area contributed by atoms with Gasteiger partial charge < -0.3 is 9.47 Å². The van der Waals surface area contributed by atoms with Gasteiger partial charge in [0.1, 0.15) is 0 Å². The van der Waals surface area contributed by atoms with Crippen LogP contribution >= 0.6 is 23.2 Å². The normalized spacial score (nSPS) is 14.8. The van der Waals surface area contributed by atoms with E-state index < -0.39 is 0 Å². The number of para-hydroxylation sites is 1. The summed E-state index contributed by atoms with van der Waals surface area (Å²) in [4.78, 5) is 0. The number of halogens is 2. The second-order valence-corrected chi connectivity index (χ2v) is 5.66. The van der Waals surface area contributed by atoms with Crippen molar-refractivity contribution in [2.45, 2.75) is 0 Å². The highest BCUT2D eigenvalue weighted by atomic mass is 35.5. The van der Waals surface area contributed by atoms with Gasteiger partial charge in [-0.2, -0.15) is 4.58 Å². The Kier molecular flexibility index (Phi) is 4.83. The van der Waals surface area contributed by atoms with Crippen LogP contribution in [0.4, 0.5) is 0 Å². The Morgan fingerprint density at radius 2 is 1.83 bits per heavy atom. The molecule has 0 bridgehead atoms. The number of benzene rings is 2. The van der Waals surface area contributed by atoms with Gasteiger partial charge in [-0.15, -0.1) is 0 Å². The molecule has 2 aromatic rings. The third kappa shape index (κ3) is 3.00. The minimum absolute atomic E-state index is 0.430. The van der Waals surface area contributed by atoms with Gasteiger partial charge in [-0.25, -0.2) is 0 Å². The highest BCUT2D eigenvalue weighted by Gasteiger charge is 2.25. The third-order valence-corrected chi connectivity index (χ3v) is 4.30. The summed E-state index contributed by atoms with van der Waals surface area (Å²) in [6.45, 7) is 0. The highest BCUT2D eigenvalue weighted by molar-refractivity contribution is 6.43. The Labute approximate surface area is 149 Å². The lowest BCUT2D eigenvalue weighted by molar-refractivity contribution is -0.243. The first-order valence-corrected chi connectivity index (χ1v) is 7.81. The van der Waals surface area contributed by atoms with Gasteiger partial charge >= 0.3 is 5.84 Å². The van der Waals surface area contributed by atoms with Gasteiger partial charge in [0.25, 0.3) is 6.34 Å². The van der Waals surface area contributed by atoms with E-state index in [9.17, 15) is 0 Å². The van der Waals surface area contributed by atoms with E-state index in [-0.39, 0.29) is 0 Å². The van der Waals surface area contributed by atoms with Crippen LogP contribution in [0.3, 0.4) is 0 Å². The number of hydrogen-bond acceptors (Lipinski definition) is 4. The van der Waals surface area contributed by atoms with Crippen molar-refractivity contribution < 1.29 is 14.0 Å². The minimum atomic E-state index is 0.430. The summed E-state index contributed by atoms with van der Waals surface area (Å²) in [6, 6.07) is 11.0. The van der Waals surface area contributed by atoms with Crippen molar-refractivity contribution >= 4 is 41.6 Å². The predicted molar refractivity (Wildman–Crippen MR) is 96.5 cm³/mol. The van der Waals surface area contributed by atoms with Crippen molar-refractivity contribution in [1.82, 2.24) is 0 Å². The number of amidine groups is 1. The fourth-order valence-electron chi connectivity index (χ4n) is 2.37. The van der Waals surface area contributed by atoms with Crippen LogP contribution in [0.1, 0.15) is 11.1 Å². The fraction of sp³-hybridized carbons (Fsp3) is 0.118. The van der Waals surface area contributed by atoms with Crippen LogP contribution in [0, 0.1) is 0 Å². The molecule has 1 heterocycles. The molecule has 0 saturated carbocycles. The Morgan fingerprint density at radius 1 is 1.04 bits per heavy atom. The van der Waals surface area contributed by atoms with Gasteiger partial charge in [-0.05, 0) is 24.3 Å². The lowest BCUT2D eigenvalue weighted by Gasteiger charge is -2.10. The SMILES string of the molecule is COc1cccc(C=[N+]2C=NN=C2c2cccc(Cl)c2Cl)c1OC. The first-order chi connectivity index (χ1) is 11.7. The van der Waals surface area contributed by atoms with E-state index in [0.717, 1.165) is 5.56 Å². The first-order valence-electron chi connectivity index (χ1n) is 7.05. The monoisotopic (exact) mass is 362 g/mol. The summed E-state index contributed by atoms with van der Waals surface area (Å²) in [5.74, 6) is 1.84. The molecule has 0 aliphatic carbocycles. The van der Waals surface area contributed by atoms with Crippen molar-refractivity contribution in [2.75, 3.05) is 14.2 Å². The molecule has 0 N–H and O–H groups in total. The molecule has 0 saturated heterocycles. The van der Waals surface area contributed by atoms with Crippen LogP contribution in [0.2, 0.25) is 10.0 Å². The summed E-state index contributed by atoms with van der Waals surface area (Å²) >= 11 is 12.4. The van der Waals surface area contributed by atoms with Crippen LogP contribution in [0.25, 0.3) is 0 Å². The Morgan fingerprint density at radius 3 is 2.58 bits per heavy atom. The van der Waals surface area contributed by atoms with Crippen molar-refractivity contribution in [2.24, 2.45) is 10.2 Å². The van der Waals surface area contributed by atoms with Crippen molar-refractivity contribution in [1.29, 1.82) is 0 Å². The average molecular weight is 363 g/mol. The largest absolute Gasteiger partial charge is 0.493 e. The number of hydrogen-bond donors (Lipinski definition) is 0. The fourth-order valence-corrected chi connectivity index (χ4v) is 2.75. The van der Waals surface area contributed by atoms with E-state index in [2.05, 4.69) is 10.2 Å². The molecule has 0 radical (unpaired) electrons. The molecule has 0 spiro atoms.